The lowest BCUT2D eigenvalue weighted by Gasteiger charge is -2.30. The molecule has 0 bridgehead atoms. The van der Waals surface area contributed by atoms with Crippen LogP contribution in [0.25, 0.3) is 0 Å². The highest BCUT2D eigenvalue weighted by molar-refractivity contribution is 7.86. The van der Waals surface area contributed by atoms with Gasteiger partial charge in [-0.05, 0) is 94.3 Å². The molecule has 2 atom stereocenters. The average molecular weight is 1080 g/mol. The Balaban J connectivity index is 1.70. The van der Waals surface area contributed by atoms with Crippen molar-refractivity contribution in [1.29, 1.82) is 0 Å². The van der Waals surface area contributed by atoms with Crippen molar-refractivity contribution < 1.29 is 90.0 Å². The number of methoxy groups -OCH3 is 1. The third kappa shape index (κ3) is 18.2. The quantitative estimate of drug-likeness (QED) is 0.0320. The molecule has 0 radical (unpaired) electrons. The third-order valence-electron chi connectivity index (χ3n) is 12.2. The van der Waals surface area contributed by atoms with Gasteiger partial charge in [0.15, 0.2) is 12.3 Å². The fourth-order valence-corrected chi connectivity index (χ4v) is 10.8. The number of hydrogen-bond acceptors (Lipinski definition) is 16. The van der Waals surface area contributed by atoms with Crippen molar-refractivity contribution in [3.05, 3.63) is 83.6 Å². The minimum absolute atomic E-state index is 0.0331. The molecule has 2 aliphatic heterocycles. The molecule has 2 aromatic rings. The molecule has 2 unspecified atom stereocenters. The van der Waals surface area contributed by atoms with Gasteiger partial charge in [-0.15, -0.1) is 0 Å². The van der Waals surface area contributed by atoms with Gasteiger partial charge in [0.1, 0.15) is 16.7 Å². The van der Waals surface area contributed by atoms with Gasteiger partial charge in [-0.25, -0.2) is 8.42 Å². The zero-order chi connectivity index (χ0) is 52.5. The Hall–Kier alpha value is -3.96. The molecule has 71 heavy (non-hydrogen) atoms. The van der Waals surface area contributed by atoms with E-state index in [2.05, 4.69) is 0 Å². The highest BCUT2D eigenvalue weighted by atomic mass is 32.2. The van der Waals surface area contributed by atoms with Crippen LogP contribution in [0, 0.1) is 0 Å². The van der Waals surface area contributed by atoms with E-state index in [1.807, 2.05) is 9.48 Å². The molecule has 0 fully saturated rings. The number of nitrogens with zero attached hydrogens (tertiary/aromatic N) is 2. The standard InChI is InChI=1S/C46H66N2O19S4/c1-45(19-10-32-68(51,52)53)38-34-36(70(57,58)59)15-17-40(38)47(21-9-5-8-14-44(49)50)42(45)12-6-4-7-13-43-46(2,20-11-33-69(54,55)56)39-35-37(71(60,61)62)16-18-41(39)48(43)22-23-64-26-27-66-30-31-67-29-28-65-25-24-63-3/h4,6-7,12-13,15-18,34-35H,5,8-11,14,19-33H2,1-3H3,(H4-,49,50,51,52,53,54,55,56,57,58,59,60,61,62). The molecule has 4 N–H and O–H groups in total. The number of anilines is 1. The van der Waals surface area contributed by atoms with Crippen molar-refractivity contribution >= 4 is 63.5 Å². The number of fused-ring (bicyclic) bond motifs is 2. The number of carboxylic acid groups (broad SMARTS) is 1. The Morgan fingerprint density at radius 3 is 1.77 bits per heavy atom. The predicted octanol–water partition coefficient (Wildman–Crippen LogP) is 4.66. The van der Waals surface area contributed by atoms with Crippen LogP contribution < -0.4 is 4.90 Å². The highest BCUT2D eigenvalue weighted by Crippen LogP contribution is 2.51. The summed E-state index contributed by atoms with van der Waals surface area (Å²) in [6, 6.07) is 8.07. The summed E-state index contributed by atoms with van der Waals surface area (Å²) >= 11 is 0. The van der Waals surface area contributed by atoms with E-state index in [-0.39, 0.29) is 63.4 Å². The number of carboxylic acids is 1. The second-order valence-corrected chi connectivity index (χ2v) is 23.3. The molecule has 2 aliphatic rings. The van der Waals surface area contributed by atoms with Crippen LogP contribution >= 0.6 is 0 Å². The monoisotopic (exact) mass is 1080 g/mol. The van der Waals surface area contributed by atoms with E-state index in [4.69, 9.17) is 23.7 Å². The van der Waals surface area contributed by atoms with Gasteiger partial charge in [-0.2, -0.15) is 29.8 Å². The molecule has 25 heteroatoms. The topological polar surface area (TPSA) is 310 Å². The Bertz CT molecular complexity index is 2720. The zero-order valence-corrected chi connectivity index (χ0v) is 43.4. The van der Waals surface area contributed by atoms with Crippen LogP contribution in [0.1, 0.15) is 76.3 Å². The molecule has 2 heterocycles. The summed E-state index contributed by atoms with van der Waals surface area (Å²) in [5.74, 6) is -2.12. The van der Waals surface area contributed by atoms with E-state index in [1.54, 1.807) is 51.3 Å². The molecule has 0 amide bonds. The molecule has 0 aliphatic carbocycles. The predicted molar refractivity (Wildman–Crippen MR) is 261 cm³/mol. The Kier molecular flexibility index (Phi) is 22.5. The minimum Gasteiger partial charge on any atom is -0.744 e. The second-order valence-electron chi connectivity index (χ2n) is 17.4. The summed E-state index contributed by atoms with van der Waals surface area (Å²) in [5, 5.41) is 9.17. The van der Waals surface area contributed by atoms with Crippen LogP contribution in [0.4, 0.5) is 11.4 Å². The van der Waals surface area contributed by atoms with Crippen molar-refractivity contribution in [2.24, 2.45) is 0 Å². The van der Waals surface area contributed by atoms with Gasteiger partial charge in [-0.1, -0.05) is 24.6 Å². The van der Waals surface area contributed by atoms with Crippen LogP contribution in [0.2, 0.25) is 0 Å². The fraction of sp³-hybridized carbons (Fsp3) is 0.565. The Morgan fingerprint density at radius 1 is 0.676 bits per heavy atom. The van der Waals surface area contributed by atoms with E-state index in [9.17, 15) is 61.8 Å². The molecule has 4 rings (SSSR count). The smallest absolute Gasteiger partial charge is 0.303 e. The maximum atomic E-state index is 12.4. The molecular formula is C46H66N2O19S4. The summed E-state index contributed by atoms with van der Waals surface area (Å²) in [4.78, 5) is 12.2. The first-order valence-electron chi connectivity index (χ1n) is 22.9. The minimum atomic E-state index is -4.91. The molecule has 0 spiro atoms. The lowest BCUT2D eigenvalue weighted by atomic mass is 9.76. The Labute approximate surface area is 417 Å². The van der Waals surface area contributed by atoms with Gasteiger partial charge in [-0.3, -0.25) is 18.5 Å². The van der Waals surface area contributed by atoms with Crippen LogP contribution in [-0.2, 0) is 79.8 Å². The average Bonchev–Trinajstić information content (AvgIpc) is 3.64. The van der Waals surface area contributed by atoms with Crippen molar-refractivity contribution in [3.63, 3.8) is 0 Å². The molecule has 21 nitrogen and oxygen atoms in total. The summed E-state index contributed by atoms with van der Waals surface area (Å²) < 4.78 is 167. The van der Waals surface area contributed by atoms with Crippen LogP contribution in [-0.4, -0.2) is 164 Å². The van der Waals surface area contributed by atoms with Gasteiger partial charge in [0.2, 0.25) is 5.69 Å². The molecule has 0 saturated carbocycles. The number of allylic oxidation sites excluding steroid dienone is 6. The van der Waals surface area contributed by atoms with Crippen LogP contribution in [0.3, 0.4) is 0 Å². The summed E-state index contributed by atoms with van der Waals surface area (Å²) in [6.07, 6.45) is 10.1. The zero-order valence-electron chi connectivity index (χ0n) is 40.1. The van der Waals surface area contributed by atoms with Gasteiger partial charge in [0.05, 0.1) is 79.6 Å². The molecule has 0 saturated heterocycles. The summed E-state index contributed by atoms with van der Waals surface area (Å²) in [7, 11) is -16.8. The molecular weight excluding hydrogens is 1010 g/mol. The number of hydrogen-bond donors (Lipinski definition) is 4. The van der Waals surface area contributed by atoms with Crippen molar-refractivity contribution in [2.75, 3.05) is 96.1 Å². The van der Waals surface area contributed by atoms with E-state index < -0.39 is 73.7 Å². The van der Waals surface area contributed by atoms with Crippen LogP contribution in [0.5, 0.6) is 0 Å². The van der Waals surface area contributed by atoms with Crippen LogP contribution in [0.15, 0.2) is 82.3 Å². The van der Waals surface area contributed by atoms with E-state index in [0.29, 0.717) is 99.4 Å². The molecule has 398 valence electrons. The third-order valence-corrected chi connectivity index (χ3v) is 15.5. The van der Waals surface area contributed by atoms with Gasteiger partial charge >= 0.3 is 5.97 Å². The SMILES string of the molecule is COCCOCCOCCOCCOCC[N+]1=C(/C=C/C=C/C=C2/N(CCCCCC(=O)O)c3ccc(S(=O)(=O)[O-])cc3C2(C)CCCS(=O)(=O)O)C(C)(CCCS(=O)(=O)O)c2cc(S(=O)(=O)O)ccc21. The maximum absolute atomic E-state index is 12.4. The lowest BCUT2D eigenvalue weighted by Crippen LogP contribution is -2.32. The fourth-order valence-electron chi connectivity index (χ4n) is 8.74. The second kappa shape index (κ2) is 26.8. The van der Waals surface area contributed by atoms with E-state index in [1.165, 1.54) is 36.4 Å². The van der Waals surface area contributed by atoms with E-state index in [0.717, 1.165) is 0 Å². The maximum Gasteiger partial charge on any atom is 0.303 e. The lowest BCUT2D eigenvalue weighted by molar-refractivity contribution is -0.442. The van der Waals surface area contributed by atoms with Crippen molar-refractivity contribution in [3.8, 4) is 0 Å². The first kappa shape index (κ1) is 59.6. The number of carbonyl (C=O) groups is 1. The van der Waals surface area contributed by atoms with Gasteiger partial charge in [0, 0.05) is 54.6 Å². The first-order valence-corrected chi connectivity index (χ1v) is 29.0. The summed E-state index contributed by atoms with van der Waals surface area (Å²) in [6.45, 7) is 7.24. The summed E-state index contributed by atoms with van der Waals surface area (Å²) in [5.41, 5.74) is 1.02. The van der Waals surface area contributed by atoms with Gasteiger partial charge < -0.3 is 38.2 Å². The van der Waals surface area contributed by atoms with Gasteiger partial charge in [0.25, 0.3) is 30.4 Å². The number of benzene rings is 2. The Morgan fingerprint density at radius 2 is 1.23 bits per heavy atom. The number of aliphatic carboxylic acids is 1. The molecule has 2 aromatic carbocycles. The normalized spacial score (nSPS) is 19.2. The first-order chi connectivity index (χ1) is 33.3. The molecule has 0 aromatic heterocycles. The number of ether oxygens (including phenoxy) is 5. The van der Waals surface area contributed by atoms with Crippen molar-refractivity contribution in [2.45, 2.75) is 85.8 Å². The largest absolute Gasteiger partial charge is 0.744 e. The highest BCUT2D eigenvalue weighted by Gasteiger charge is 2.48. The number of unbranched alkanes of at least 4 members (excludes halogenated alkanes) is 2. The number of rotatable bonds is 34. The van der Waals surface area contributed by atoms with Crippen molar-refractivity contribution in [1.82, 2.24) is 0 Å². The van der Waals surface area contributed by atoms with E-state index >= 15 is 0 Å².